The highest BCUT2D eigenvalue weighted by molar-refractivity contribution is 6.20. The van der Waals surface area contributed by atoms with Gasteiger partial charge in [-0.05, 0) is 39.0 Å². The molecule has 0 unspecified atom stereocenters. The molecule has 0 heterocycles. The monoisotopic (exact) mass is 318 g/mol. The van der Waals surface area contributed by atoms with E-state index in [1.54, 1.807) is 0 Å². The molecule has 124 valence electrons. The highest BCUT2D eigenvalue weighted by Gasteiger charge is 2.46. The fourth-order valence-electron chi connectivity index (χ4n) is 3.03. The van der Waals surface area contributed by atoms with E-state index < -0.39 is 23.3 Å². The summed E-state index contributed by atoms with van der Waals surface area (Å²) in [5.74, 6) is -0.942. The molecular weight excluding hydrogens is 296 g/mol. The van der Waals surface area contributed by atoms with Crippen LogP contribution in [0.4, 0.5) is 0 Å². The standard InChI is InChI=1S/C18H22O5/c1-6-18(22-11(2)19)9-12-13(20)7-8-14(21)16(12)15(10-18)23-17(3,4)5/h6-8,15H,1,9-10H2,2-5H3/t15-,18-/m0/s1. The van der Waals surface area contributed by atoms with Crippen molar-refractivity contribution in [1.82, 2.24) is 0 Å². The molecule has 2 atom stereocenters. The Morgan fingerprint density at radius 1 is 1.30 bits per heavy atom. The lowest BCUT2D eigenvalue weighted by atomic mass is 9.74. The molecule has 2 aliphatic carbocycles. The van der Waals surface area contributed by atoms with E-state index in [1.807, 2.05) is 20.8 Å². The first kappa shape index (κ1) is 17.3. The maximum atomic E-state index is 12.3. The highest BCUT2D eigenvalue weighted by Crippen LogP contribution is 2.41. The number of hydrogen-bond donors (Lipinski definition) is 0. The van der Waals surface area contributed by atoms with Gasteiger partial charge >= 0.3 is 5.97 Å². The van der Waals surface area contributed by atoms with E-state index in [2.05, 4.69) is 6.58 Å². The number of hydrogen-bond acceptors (Lipinski definition) is 5. The molecule has 0 spiro atoms. The summed E-state index contributed by atoms with van der Waals surface area (Å²) in [6, 6.07) is 0. The van der Waals surface area contributed by atoms with Gasteiger partial charge in [-0.3, -0.25) is 14.4 Å². The zero-order chi connectivity index (χ0) is 17.4. The maximum Gasteiger partial charge on any atom is 0.303 e. The average Bonchev–Trinajstić information content (AvgIpc) is 2.40. The van der Waals surface area contributed by atoms with Gasteiger partial charge in [0, 0.05) is 30.9 Å². The van der Waals surface area contributed by atoms with Crippen LogP contribution in [0.2, 0.25) is 0 Å². The minimum atomic E-state index is -1.04. The number of rotatable bonds is 3. The number of carbonyl (C=O) groups is 3. The zero-order valence-corrected chi connectivity index (χ0v) is 14.0. The first-order chi connectivity index (χ1) is 10.6. The van der Waals surface area contributed by atoms with E-state index in [9.17, 15) is 14.4 Å². The van der Waals surface area contributed by atoms with Crippen molar-refractivity contribution in [2.24, 2.45) is 0 Å². The predicted molar refractivity (Wildman–Crippen MR) is 84.7 cm³/mol. The number of ketones is 2. The Bertz CT molecular complexity index is 632. The quantitative estimate of drug-likeness (QED) is 0.454. The molecule has 2 aliphatic rings. The summed E-state index contributed by atoms with van der Waals surface area (Å²) >= 11 is 0. The summed E-state index contributed by atoms with van der Waals surface area (Å²) in [6.45, 7) is 10.7. The van der Waals surface area contributed by atoms with Crippen molar-refractivity contribution in [3.63, 3.8) is 0 Å². The third kappa shape index (κ3) is 3.67. The van der Waals surface area contributed by atoms with Gasteiger partial charge in [-0.15, -0.1) is 0 Å². The molecule has 0 bridgehead atoms. The molecule has 0 aromatic carbocycles. The smallest absolute Gasteiger partial charge is 0.303 e. The van der Waals surface area contributed by atoms with Crippen LogP contribution >= 0.6 is 0 Å². The summed E-state index contributed by atoms with van der Waals surface area (Å²) in [5, 5.41) is 0. The van der Waals surface area contributed by atoms with Gasteiger partial charge in [-0.1, -0.05) is 6.58 Å². The van der Waals surface area contributed by atoms with Crippen molar-refractivity contribution < 1.29 is 23.9 Å². The van der Waals surface area contributed by atoms with Crippen LogP contribution in [-0.2, 0) is 23.9 Å². The Morgan fingerprint density at radius 2 is 1.91 bits per heavy atom. The molecule has 0 fully saturated rings. The van der Waals surface area contributed by atoms with E-state index >= 15 is 0 Å². The van der Waals surface area contributed by atoms with E-state index in [4.69, 9.17) is 9.47 Å². The molecule has 0 aromatic heterocycles. The SMILES string of the molecule is C=C[C@]1(OC(C)=O)CC2=C(C(=O)C=CC2=O)[C@@H](OC(C)(C)C)C1. The first-order valence-corrected chi connectivity index (χ1v) is 7.58. The lowest BCUT2D eigenvalue weighted by Gasteiger charge is -2.42. The van der Waals surface area contributed by atoms with Gasteiger partial charge in [-0.25, -0.2) is 0 Å². The Kier molecular flexibility index (Phi) is 4.44. The molecule has 0 N–H and O–H groups in total. The first-order valence-electron chi connectivity index (χ1n) is 7.58. The lowest BCUT2D eigenvalue weighted by Crippen LogP contribution is -2.47. The Labute approximate surface area is 136 Å². The Balaban J connectivity index is 2.51. The summed E-state index contributed by atoms with van der Waals surface area (Å²) in [6.07, 6.45) is 3.82. The molecule has 0 radical (unpaired) electrons. The van der Waals surface area contributed by atoms with E-state index in [1.165, 1.54) is 25.2 Å². The van der Waals surface area contributed by atoms with Gasteiger partial charge in [0.2, 0.25) is 0 Å². The van der Waals surface area contributed by atoms with Crippen LogP contribution in [0.3, 0.4) is 0 Å². The van der Waals surface area contributed by atoms with Crippen LogP contribution in [0.1, 0.15) is 40.5 Å². The largest absolute Gasteiger partial charge is 0.455 e. The molecule has 0 saturated carbocycles. The van der Waals surface area contributed by atoms with Crippen molar-refractivity contribution in [2.45, 2.75) is 57.8 Å². The molecule has 0 aromatic rings. The average molecular weight is 318 g/mol. The van der Waals surface area contributed by atoms with Gasteiger partial charge in [0.25, 0.3) is 0 Å². The second-order valence-electron chi connectivity index (χ2n) is 6.92. The van der Waals surface area contributed by atoms with Crippen LogP contribution < -0.4 is 0 Å². The fraction of sp³-hybridized carbons (Fsp3) is 0.500. The maximum absolute atomic E-state index is 12.3. The second-order valence-corrected chi connectivity index (χ2v) is 6.92. The van der Waals surface area contributed by atoms with Crippen molar-refractivity contribution in [3.05, 3.63) is 36.0 Å². The van der Waals surface area contributed by atoms with E-state index in [0.29, 0.717) is 11.1 Å². The summed E-state index contributed by atoms with van der Waals surface area (Å²) in [5.41, 5.74) is -0.841. The van der Waals surface area contributed by atoms with Crippen molar-refractivity contribution >= 4 is 17.5 Å². The molecule has 5 heteroatoms. The summed E-state index contributed by atoms with van der Waals surface area (Å²) < 4.78 is 11.4. The summed E-state index contributed by atoms with van der Waals surface area (Å²) in [4.78, 5) is 36.0. The number of esters is 1. The van der Waals surface area contributed by atoms with Gasteiger partial charge in [-0.2, -0.15) is 0 Å². The summed E-state index contributed by atoms with van der Waals surface area (Å²) in [7, 11) is 0. The zero-order valence-electron chi connectivity index (χ0n) is 14.0. The fourth-order valence-corrected chi connectivity index (χ4v) is 3.03. The molecule has 0 saturated heterocycles. The van der Waals surface area contributed by atoms with Gasteiger partial charge < -0.3 is 9.47 Å². The number of carbonyl (C=O) groups excluding carboxylic acids is 3. The van der Waals surface area contributed by atoms with Crippen LogP contribution in [0, 0.1) is 0 Å². The number of allylic oxidation sites excluding steroid dienone is 2. The van der Waals surface area contributed by atoms with Crippen LogP contribution in [0.15, 0.2) is 36.0 Å². The molecule has 0 aliphatic heterocycles. The second kappa shape index (κ2) is 5.89. The number of ether oxygens (including phenoxy) is 2. The van der Waals surface area contributed by atoms with Gasteiger partial charge in [0.15, 0.2) is 11.6 Å². The molecule has 0 amide bonds. The van der Waals surface area contributed by atoms with Gasteiger partial charge in [0.1, 0.15) is 5.60 Å². The third-order valence-corrected chi connectivity index (χ3v) is 3.82. The molecule has 5 nitrogen and oxygen atoms in total. The minimum Gasteiger partial charge on any atom is -0.455 e. The van der Waals surface area contributed by atoms with E-state index in [-0.39, 0.29) is 24.4 Å². The van der Waals surface area contributed by atoms with Crippen molar-refractivity contribution in [3.8, 4) is 0 Å². The van der Waals surface area contributed by atoms with Gasteiger partial charge in [0.05, 0.1) is 11.7 Å². The molecule has 2 rings (SSSR count). The minimum absolute atomic E-state index is 0.143. The lowest BCUT2D eigenvalue weighted by molar-refractivity contribution is -0.158. The van der Waals surface area contributed by atoms with Crippen LogP contribution in [0.25, 0.3) is 0 Å². The topological polar surface area (TPSA) is 69.7 Å². The van der Waals surface area contributed by atoms with Crippen LogP contribution in [-0.4, -0.2) is 34.8 Å². The Hall–Kier alpha value is -2.01. The normalized spacial score (nSPS) is 27.7. The Morgan fingerprint density at radius 3 is 2.43 bits per heavy atom. The van der Waals surface area contributed by atoms with Crippen molar-refractivity contribution in [2.75, 3.05) is 0 Å². The van der Waals surface area contributed by atoms with Crippen LogP contribution in [0.5, 0.6) is 0 Å². The van der Waals surface area contributed by atoms with Crippen molar-refractivity contribution in [1.29, 1.82) is 0 Å². The van der Waals surface area contributed by atoms with E-state index in [0.717, 1.165) is 0 Å². The molecular formula is C18H22O5. The third-order valence-electron chi connectivity index (χ3n) is 3.82. The molecule has 23 heavy (non-hydrogen) atoms. The highest BCUT2D eigenvalue weighted by atomic mass is 16.6. The predicted octanol–water partition coefficient (Wildman–Crippen LogP) is 2.46.